The molecular weight excluding hydrogens is 542 g/mol. The number of nitrogens with one attached hydrogen (secondary N) is 2. The second-order valence-corrected chi connectivity index (χ2v) is 12.3. The van der Waals surface area contributed by atoms with Crippen LogP contribution >= 0.6 is 0 Å². The summed E-state index contributed by atoms with van der Waals surface area (Å²) >= 11 is 0. The molecule has 0 aliphatic rings. The average Bonchev–Trinajstić information content (AvgIpc) is 3.51. The van der Waals surface area contributed by atoms with Crippen molar-refractivity contribution in [2.24, 2.45) is 11.8 Å². The minimum Gasteiger partial charge on any atom is -0.344 e. The van der Waals surface area contributed by atoms with E-state index >= 15 is 0 Å². The molecule has 0 aliphatic carbocycles. The Morgan fingerprint density at radius 1 is 0.976 bits per heavy atom. The predicted molar refractivity (Wildman–Crippen MR) is 156 cm³/mol. The quantitative estimate of drug-likeness (QED) is 0.211. The molecule has 0 saturated heterocycles. The maximum absolute atomic E-state index is 13.4. The molecule has 2 atom stereocenters. The smallest absolute Gasteiger partial charge is 0.264 e. The van der Waals surface area contributed by atoms with Gasteiger partial charge >= 0.3 is 0 Å². The van der Waals surface area contributed by atoms with Gasteiger partial charge in [-0.15, -0.1) is 0 Å². The number of aryl methyl sites for hydroxylation is 2. The Bertz CT molecular complexity index is 1590. The van der Waals surface area contributed by atoms with Gasteiger partial charge in [0.15, 0.2) is 5.82 Å². The van der Waals surface area contributed by atoms with Crippen molar-refractivity contribution >= 4 is 21.8 Å². The molecule has 0 radical (unpaired) electrons. The molecule has 0 fully saturated rings. The van der Waals surface area contributed by atoms with E-state index in [0.29, 0.717) is 41.4 Å². The van der Waals surface area contributed by atoms with Crippen molar-refractivity contribution in [2.45, 2.75) is 71.7 Å². The minimum absolute atomic E-state index is 0.0639. The number of rotatable bonds is 12. The van der Waals surface area contributed by atoms with E-state index in [0.717, 1.165) is 17.5 Å². The molecule has 41 heavy (non-hydrogen) atoms. The minimum atomic E-state index is -3.94. The SMILES string of the molecule is CCCC(Cc1ccc(-c2ccccc2S(=O)(=O)Nc2onc(C)c2C)cc1)C(=O)NC(c1nc(C)no1)C(C)C. The molecule has 0 saturated carbocycles. The molecule has 0 spiro atoms. The van der Waals surface area contributed by atoms with Crippen LogP contribution in [0.25, 0.3) is 11.1 Å². The molecule has 218 valence electrons. The van der Waals surface area contributed by atoms with Crippen LogP contribution < -0.4 is 10.0 Å². The fraction of sp³-hybridized carbons (Fsp3) is 0.400. The Morgan fingerprint density at radius 2 is 1.68 bits per heavy atom. The molecule has 2 unspecified atom stereocenters. The van der Waals surface area contributed by atoms with E-state index in [1.54, 1.807) is 45.0 Å². The monoisotopic (exact) mass is 579 g/mol. The van der Waals surface area contributed by atoms with Crippen molar-refractivity contribution in [3.63, 3.8) is 0 Å². The highest BCUT2D eigenvalue weighted by molar-refractivity contribution is 7.92. The first-order chi connectivity index (χ1) is 19.5. The fourth-order valence-electron chi connectivity index (χ4n) is 4.63. The van der Waals surface area contributed by atoms with Gasteiger partial charge in [-0.2, -0.15) is 4.98 Å². The summed E-state index contributed by atoms with van der Waals surface area (Å²) in [5.41, 5.74) is 3.52. The topological polar surface area (TPSA) is 140 Å². The summed E-state index contributed by atoms with van der Waals surface area (Å²) in [6, 6.07) is 14.1. The Morgan fingerprint density at radius 3 is 2.27 bits per heavy atom. The molecule has 2 heterocycles. The molecule has 2 aromatic carbocycles. The van der Waals surface area contributed by atoms with Crippen LogP contribution in [0.15, 0.2) is 62.5 Å². The Labute approximate surface area is 241 Å². The second kappa shape index (κ2) is 12.7. The lowest BCUT2D eigenvalue weighted by atomic mass is 9.92. The van der Waals surface area contributed by atoms with E-state index < -0.39 is 10.0 Å². The third-order valence-electron chi connectivity index (χ3n) is 7.09. The Hall–Kier alpha value is -3.99. The zero-order valence-electron chi connectivity index (χ0n) is 24.3. The number of anilines is 1. The molecule has 4 rings (SSSR count). The average molecular weight is 580 g/mol. The molecule has 4 aromatic rings. The van der Waals surface area contributed by atoms with Crippen molar-refractivity contribution < 1.29 is 22.3 Å². The molecule has 2 N–H and O–H groups in total. The van der Waals surface area contributed by atoms with Gasteiger partial charge in [-0.1, -0.05) is 80.0 Å². The first-order valence-electron chi connectivity index (χ1n) is 13.7. The molecule has 2 aromatic heterocycles. The third kappa shape index (κ3) is 7.02. The van der Waals surface area contributed by atoms with Gasteiger partial charge in [0.05, 0.1) is 10.6 Å². The number of aromatic nitrogens is 3. The lowest BCUT2D eigenvalue weighted by molar-refractivity contribution is -0.126. The fourth-order valence-corrected chi connectivity index (χ4v) is 5.91. The maximum atomic E-state index is 13.4. The molecule has 10 nitrogen and oxygen atoms in total. The second-order valence-electron chi connectivity index (χ2n) is 10.6. The van der Waals surface area contributed by atoms with Crippen LogP contribution in [0.2, 0.25) is 0 Å². The summed E-state index contributed by atoms with van der Waals surface area (Å²) in [7, 11) is -3.94. The van der Waals surface area contributed by atoms with E-state index in [2.05, 4.69) is 32.3 Å². The van der Waals surface area contributed by atoms with Gasteiger partial charge in [-0.25, -0.2) is 13.1 Å². The summed E-state index contributed by atoms with van der Waals surface area (Å²) in [4.78, 5) is 17.8. The van der Waals surface area contributed by atoms with Gasteiger partial charge in [0.1, 0.15) is 6.04 Å². The highest BCUT2D eigenvalue weighted by Gasteiger charge is 2.28. The van der Waals surface area contributed by atoms with Crippen LogP contribution in [0.3, 0.4) is 0 Å². The van der Waals surface area contributed by atoms with E-state index in [1.807, 2.05) is 38.1 Å². The van der Waals surface area contributed by atoms with Gasteiger partial charge in [0.25, 0.3) is 10.0 Å². The van der Waals surface area contributed by atoms with Crippen LogP contribution in [0.5, 0.6) is 0 Å². The molecule has 11 heteroatoms. The molecule has 0 aliphatic heterocycles. The highest BCUT2D eigenvalue weighted by Crippen LogP contribution is 2.31. The van der Waals surface area contributed by atoms with Crippen LogP contribution in [0, 0.1) is 32.6 Å². The van der Waals surface area contributed by atoms with Gasteiger partial charge in [0, 0.05) is 17.0 Å². The van der Waals surface area contributed by atoms with Gasteiger partial charge in [-0.05, 0) is 56.7 Å². The number of hydrogen-bond donors (Lipinski definition) is 2. The highest BCUT2D eigenvalue weighted by atomic mass is 32.2. The number of carbonyl (C=O) groups is 1. The van der Waals surface area contributed by atoms with E-state index in [9.17, 15) is 13.2 Å². The number of amides is 1. The van der Waals surface area contributed by atoms with Crippen LogP contribution in [0.1, 0.15) is 68.2 Å². The normalized spacial score (nSPS) is 13.2. The summed E-state index contributed by atoms with van der Waals surface area (Å²) in [5, 5.41) is 10.8. The number of hydrogen-bond acceptors (Lipinski definition) is 8. The van der Waals surface area contributed by atoms with Crippen molar-refractivity contribution in [3.05, 3.63) is 77.1 Å². The van der Waals surface area contributed by atoms with E-state index in [4.69, 9.17) is 9.05 Å². The van der Waals surface area contributed by atoms with E-state index in [-0.39, 0.29) is 34.6 Å². The molecule has 1 amide bonds. The lowest BCUT2D eigenvalue weighted by Gasteiger charge is -2.23. The van der Waals surface area contributed by atoms with Gasteiger partial charge in [-0.3, -0.25) is 4.79 Å². The summed E-state index contributed by atoms with van der Waals surface area (Å²) < 4.78 is 39.6. The Balaban J connectivity index is 1.52. The molecule has 0 bridgehead atoms. The Kier molecular flexibility index (Phi) is 9.27. The van der Waals surface area contributed by atoms with Crippen molar-refractivity contribution in [1.29, 1.82) is 0 Å². The van der Waals surface area contributed by atoms with Crippen LogP contribution in [-0.2, 0) is 21.2 Å². The van der Waals surface area contributed by atoms with Gasteiger partial charge in [0.2, 0.25) is 17.7 Å². The van der Waals surface area contributed by atoms with Crippen LogP contribution in [0.4, 0.5) is 5.88 Å². The third-order valence-corrected chi connectivity index (χ3v) is 8.48. The standard InChI is InChI=1S/C30H37N5O5S/c1-7-10-24(28(36)32-27(18(2)3)30-31-21(6)34-40-30)17-22-13-15-23(16-14-22)25-11-8-9-12-26(25)41(37,38)35-29-19(4)20(5)33-39-29/h8-9,11-16,18,24,27,35H,7,10,17H2,1-6H3,(H,32,36). The number of nitrogens with zero attached hydrogens (tertiary/aromatic N) is 3. The zero-order valence-corrected chi connectivity index (χ0v) is 25.1. The number of sulfonamides is 1. The number of benzene rings is 2. The van der Waals surface area contributed by atoms with Crippen molar-refractivity contribution in [3.8, 4) is 11.1 Å². The first-order valence-corrected chi connectivity index (χ1v) is 15.2. The maximum Gasteiger partial charge on any atom is 0.264 e. The lowest BCUT2D eigenvalue weighted by Crippen LogP contribution is -2.37. The molecular formula is C30H37N5O5S. The summed E-state index contributed by atoms with van der Waals surface area (Å²) in [5.74, 6) is 0.790. The van der Waals surface area contributed by atoms with Crippen molar-refractivity contribution in [2.75, 3.05) is 4.72 Å². The zero-order chi connectivity index (χ0) is 29.7. The number of carbonyl (C=O) groups excluding carboxylic acids is 1. The summed E-state index contributed by atoms with van der Waals surface area (Å²) in [6.07, 6.45) is 2.11. The van der Waals surface area contributed by atoms with E-state index in [1.165, 1.54) is 0 Å². The van der Waals surface area contributed by atoms with Gasteiger partial charge < -0.3 is 14.4 Å². The van der Waals surface area contributed by atoms with Crippen LogP contribution in [-0.4, -0.2) is 29.6 Å². The predicted octanol–water partition coefficient (Wildman–Crippen LogP) is 5.92. The van der Waals surface area contributed by atoms with Crippen molar-refractivity contribution in [1.82, 2.24) is 20.6 Å². The first kappa shape index (κ1) is 30.0. The largest absolute Gasteiger partial charge is 0.344 e. The summed E-state index contributed by atoms with van der Waals surface area (Å²) in [6.45, 7) is 11.3.